The largest absolute Gasteiger partial charge is 0.244 e. The molecule has 0 aromatic carbocycles. The van der Waals surface area contributed by atoms with E-state index in [0.717, 1.165) is 0 Å². The molecule has 0 saturated heterocycles. The van der Waals surface area contributed by atoms with E-state index in [-0.39, 0.29) is 4.84 Å². The number of alkyl halides is 1. The lowest BCUT2D eigenvalue weighted by atomic mass is 10.3. The van der Waals surface area contributed by atoms with Crippen molar-refractivity contribution in [1.29, 1.82) is 0 Å². The van der Waals surface area contributed by atoms with E-state index in [1.165, 1.54) is 0 Å². The zero-order chi connectivity index (χ0) is 5.86. The highest BCUT2D eigenvalue weighted by Gasteiger charge is 2.12. The van der Waals surface area contributed by atoms with Crippen LogP contribution in [-0.4, -0.2) is 6.17 Å². The SMILES string of the molecule is CCC(F)[C](Cl)Cl. The Morgan fingerprint density at radius 1 is 1.71 bits per heavy atom. The molecule has 1 radical (unpaired) electrons. The van der Waals surface area contributed by atoms with Crippen molar-refractivity contribution in [2.45, 2.75) is 19.5 Å². The average molecular weight is 144 g/mol. The van der Waals surface area contributed by atoms with Crippen molar-refractivity contribution in [3.63, 3.8) is 0 Å². The van der Waals surface area contributed by atoms with Gasteiger partial charge >= 0.3 is 0 Å². The Kier molecular flexibility index (Phi) is 3.76. The minimum Gasteiger partial charge on any atom is -0.244 e. The van der Waals surface area contributed by atoms with Gasteiger partial charge in [-0.25, -0.2) is 4.39 Å². The van der Waals surface area contributed by atoms with Gasteiger partial charge in [0.2, 0.25) is 0 Å². The summed E-state index contributed by atoms with van der Waals surface area (Å²) in [6, 6.07) is 0. The van der Waals surface area contributed by atoms with Gasteiger partial charge in [0.25, 0.3) is 0 Å². The van der Waals surface area contributed by atoms with E-state index in [9.17, 15) is 4.39 Å². The highest BCUT2D eigenvalue weighted by molar-refractivity contribution is 6.53. The zero-order valence-corrected chi connectivity index (χ0v) is 5.43. The summed E-state index contributed by atoms with van der Waals surface area (Å²) in [6.07, 6.45) is -0.800. The third-order valence-corrected chi connectivity index (χ3v) is 1.07. The van der Waals surface area contributed by atoms with Crippen LogP contribution in [0.5, 0.6) is 0 Å². The molecule has 0 aliphatic rings. The highest BCUT2D eigenvalue weighted by Crippen LogP contribution is 2.21. The van der Waals surface area contributed by atoms with E-state index in [2.05, 4.69) is 0 Å². The maximum Gasteiger partial charge on any atom is 0.184 e. The lowest BCUT2D eigenvalue weighted by Gasteiger charge is -2.00. The quantitative estimate of drug-likeness (QED) is 0.558. The topological polar surface area (TPSA) is 0 Å². The molecule has 0 rings (SSSR count). The smallest absolute Gasteiger partial charge is 0.184 e. The Morgan fingerprint density at radius 3 is 2.14 bits per heavy atom. The Morgan fingerprint density at radius 2 is 2.14 bits per heavy atom. The third-order valence-electron chi connectivity index (χ3n) is 0.595. The van der Waals surface area contributed by atoms with Crippen LogP contribution in [0.2, 0.25) is 0 Å². The van der Waals surface area contributed by atoms with Gasteiger partial charge in [0, 0.05) is 0 Å². The fourth-order valence-corrected chi connectivity index (χ4v) is 0.463. The summed E-state index contributed by atoms with van der Waals surface area (Å²) in [5.41, 5.74) is 0. The minimum atomic E-state index is -1.15. The Labute approximate surface area is 52.6 Å². The maximum atomic E-state index is 12.0. The summed E-state index contributed by atoms with van der Waals surface area (Å²) >= 11 is 10.1. The molecule has 0 aromatic heterocycles. The predicted octanol–water partition coefficient (Wildman–Crippen LogP) is 2.70. The van der Waals surface area contributed by atoms with E-state index in [1.807, 2.05) is 0 Å². The summed E-state index contributed by atoms with van der Waals surface area (Å²) in [5.74, 6) is 0. The Bertz CT molecular complexity index is 47.0. The van der Waals surface area contributed by atoms with Gasteiger partial charge in [-0.3, -0.25) is 0 Å². The van der Waals surface area contributed by atoms with Crippen LogP contribution >= 0.6 is 23.2 Å². The third kappa shape index (κ3) is 3.12. The summed E-state index contributed by atoms with van der Waals surface area (Å²) < 4.78 is 12.0. The number of halogens is 3. The van der Waals surface area contributed by atoms with Crippen LogP contribution in [0.25, 0.3) is 0 Å². The van der Waals surface area contributed by atoms with Crippen LogP contribution in [0.1, 0.15) is 13.3 Å². The maximum absolute atomic E-state index is 12.0. The summed E-state index contributed by atoms with van der Waals surface area (Å²) in [7, 11) is 0. The van der Waals surface area contributed by atoms with E-state index >= 15 is 0 Å². The summed E-state index contributed by atoms with van der Waals surface area (Å²) in [5, 5.41) is 0. The van der Waals surface area contributed by atoms with Crippen LogP contribution in [0, 0.1) is 4.84 Å². The van der Waals surface area contributed by atoms with Crippen LogP contribution in [-0.2, 0) is 0 Å². The minimum absolute atomic E-state index is 0.178. The molecule has 0 aliphatic heterocycles. The van der Waals surface area contributed by atoms with Crippen LogP contribution in [0.15, 0.2) is 0 Å². The second-order valence-corrected chi connectivity index (χ2v) is 2.17. The molecule has 43 valence electrons. The van der Waals surface area contributed by atoms with Gasteiger partial charge in [-0.2, -0.15) is 0 Å². The van der Waals surface area contributed by atoms with E-state index in [0.29, 0.717) is 6.42 Å². The highest BCUT2D eigenvalue weighted by atomic mass is 35.5. The van der Waals surface area contributed by atoms with Crippen molar-refractivity contribution in [2.75, 3.05) is 0 Å². The Hall–Kier alpha value is 0.510. The van der Waals surface area contributed by atoms with Gasteiger partial charge in [0.15, 0.2) is 4.84 Å². The van der Waals surface area contributed by atoms with Gasteiger partial charge in [-0.1, -0.05) is 30.1 Å². The lowest BCUT2D eigenvalue weighted by Crippen LogP contribution is -1.98. The average Bonchev–Trinajstić information content (AvgIpc) is 1.65. The van der Waals surface area contributed by atoms with Crippen molar-refractivity contribution >= 4 is 23.2 Å². The van der Waals surface area contributed by atoms with Crippen LogP contribution < -0.4 is 0 Å². The molecule has 7 heavy (non-hydrogen) atoms. The Balaban J connectivity index is 3.14. The van der Waals surface area contributed by atoms with Crippen molar-refractivity contribution in [2.24, 2.45) is 0 Å². The molecule has 0 N–H and O–H groups in total. The van der Waals surface area contributed by atoms with Crippen molar-refractivity contribution < 1.29 is 4.39 Å². The van der Waals surface area contributed by atoms with Gasteiger partial charge in [0.05, 0.1) is 0 Å². The van der Waals surface area contributed by atoms with Crippen molar-refractivity contribution in [3.05, 3.63) is 4.84 Å². The first-order valence-electron chi connectivity index (χ1n) is 2.00. The van der Waals surface area contributed by atoms with Crippen molar-refractivity contribution in [1.82, 2.24) is 0 Å². The molecule has 0 amide bonds. The molecule has 1 atom stereocenters. The normalized spacial score (nSPS) is 15.0. The second-order valence-electron chi connectivity index (χ2n) is 1.17. The van der Waals surface area contributed by atoms with E-state index in [4.69, 9.17) is 23.2 Å². The van der Waals surface area contributed by atoms with Crippen LogP contribution in [0.3, 0.4) is 0 Å². The molecule has 1 unspecified atom stereocenters. The first kappa shape index (κ1) is 7.51. The van der Waals surface area contributed by atoms with E-state index < -0.39 is 6.17 Å². The molecule has 0 fully saturated rings. The van der Waals surface area contributed by atoms with Gasteiger partial charge in [-0.15, -0.1) is 0 Å². The molecule has 0 saturated carbocycles. The first-order valence-corrected chi connectivity index (χ1v) is 2.76. The predicted molar refractivity (Wildman–Crippen MR) is 30.1 cm³/mol. The van der Waals surface area contributed by atoms with Crippen molar-refractivity contribution in [3.8, 4) is 0 Å². The van der Waals surface area contributed by atoms with Crippen LogP contribution in [0.4, 0.5) is 4.39 Å². The second kappa shape index (κ2) is 3.50. The number of hydrogen-bond acceptors (Lipinski definition) is 0. The molecule has 0 bridgehead atoms. The standard InChI is InChI=1S/C4H6Cl2F/c1-2-3(7)4(5)6/h3H,2H2,1H3. The molecular formula is C4H6Cl2F. The number of hydrogen-bond donors (Lipinski definition) is 0. The zero-order valence-electron chi connectivity index (χ0n) is 3.92. The van der Waals surface area contributed by atoms with Gasteiger partial charge < -0.3 is 0 Å². The number of rotatable bonds is 2. The van der Waals surface area contributed by atoms with E-state index in [1.54, 1.807) is 6.92 Å². The molecule has 0 nitrogen and oxygen atoms in total. The summed E-state index contributed by atoms with van der Waals surface area (Å²) in [4.78, 5) is -0.178. The first-order chi connectivity index (χ1) is 3.18. The van der Waals surface area contributed by atoms with Gasteiger partial charge in [0.1, 0.15) is 6.17 Å². The molecule has 0 aromatic rings. The molecule has 0 spiro atoms. The molecular weight excluding hydrogens is 138 g/mol. The molecule has 0 aliphatic carbocycles. The fourth-order valence-electron chi connectivity index (χ4n) is 0.154. The fraction of sp³-hybridized carbons (Fsp3) is 0.750. The molecule has 3 heteroatoms. The lowest BCUT2D eigenvalue weighted by molar-refractivity contribution is 0.373. The van der Waals surface area contributed by atoms with Gasteiger partial charge in [-0.05, 0) is 6.42 Å². The molecule has 0 heterocycles. The monoisotopic (exact) mass is 143 g/mol. The summed E-state index contributed by atoms with van der Waals surface area (Å²) in [6.45, 7) is 1.68.